The van der Waals surface area contributed by atoms with Crippen LogP contribution in [0.4, 0.5) is 0 Å². The van der Waals surface area contributed by atoms with Gasteiger partial charge in [-0.25, -0.2) is 0 Å². The fraction of sp³-hybridized carbons (Fsp3) is 0.385. The minimum Gasteiger partial charge on any atom is -0.494 e. The van der Waals surface area contributed by atoms with Crippen molar-refractivity contribution in [2.75, 3.05) is 13.2 Å². The van der Waals surface area contributed by atoms with Gasteiger partial charge in [0.1, 0.15) is 17.6 Å². The van der Waals surface area contributed by atoms with Crippen molar-refractivity contribution in [3.8, 4) is 28.8 Å². The van der Waals surface area contributed by atoms with E-state index in [0.29, 0.717) is 24.7 Å². The van der Waals surface area contributed by atoms with E-state index in [1.807, 2.05) is 36.4 Å². The van der Waals surface area contributed by atoms with Crippen LogP contribution in [0.3, 0.4) is 0 Å². The smallest absolute Gasteiger partial charge is 0.204 e. The van der Waals surface area contributed by atoms with Crippen molar-refractivity contribution in [1.29, 1.82) is 5.26 Å². The third-order valence-electron chi connectivity index (χ3n) is 4.79. The molecule has 0 spiro atoms. The Hall–Kier alpha value is -3.46. The first-order valence-corrected chi connectivity index (χ1v) is 11.0. The molecule has 0 aliphatic rings. The maximum absolute atomic E-state index is 9.96. The van der Waals surface area contributed by atoms with E-state index in [4.69, 9.17) is 14.3 Å². The normalized spacial score (nSPS) is 10.6. The zero-order chi connectivity index (χ0) is 23.7. The molecule has 6 nitrogen and oxygen atoms in total. The second kappa shape index (κ2) is 11.8. The van der Waals surface area contributed by atoms with Gasteiger partial charge in [0.05, 0.1) is 30.0 Å². The fourth-order valence-corrected chi connectivity index (χ4v) is 3.51. The summed E-state index contributed by atoms with van der Waals surface area (Å²) < 4.78 is 13.9. The summed E-state index contributed by atoms with van der Waals surface area (Å²) in [6.07, 6.45) is 1.21. The zero-order valence-corrected chi connectivity index (χ0v) is 19.6. The van der Waals surface area contributed by atoms with E-state index in [1.54, 1.807) is 0 Å². The molecule has 0 radical (unpaired) electrons. The fourth-order valence-electron chi connectivity index (χ4n) is 3.51. The van der Waals surface area contributed by atoms with E-state index in [9.17, 15) is 5.26 Å². The minimum atomic E-state index is 0.202. The molecular weight excluding hydrogens is 402 g/mol. The van der Waals surface area contributed by atoms with Crippen LogP contribution in [0.15, 0.2) is 42.5 Å². The molecule has 3 aromatic rings. The van der Waals surface area contributed by atoms with Crippen LogP contribution in [-0.4, -0.2) is 24.2 Å². The lowest BCUT2D eigenvalue weighted by molar-refractivity contribution is -0.106. The van der Waals surface area contributed by atoms with Gasteiger partial charge in [-0.3, -0.25) is 4.79 Å². The van der Waals surface area contributed by atoms with E-state index in [2.05, 4.69) is 57.1 Å². The number of carbonyl (C=O) groups excluding carboxylic acids is 1. The highest BCUT2D eigenvalue weighted by Gasteiger charge is 2.21. The molecule has 2 aromatic carbocycles. The van der Waals surface area contributed by atoms with Crippen molar-refractivity contribution in [2.45, 2.75) is 47.1 Å². The number of primary amides is 1. The van der Waals surface area contributed by atoms with Crippen molar-refractivity contribution in [3.05, 3.63) is 48.0 Å². The number of nitrogens with zero attached hydrogens (tertiary/aromatic N) is 2. The molecule has 3 rings (SSSR count). The first kappa shape index (κ1) is 24.8. The van der Waals surface area contributed by atoms with Gasteiger partial charge in [0.2, 0.25) is 6.41 Å². The average molecular weight is 436 g/mol. The maximum atomic E-state index is 9.96. The predicted molar refractivity (Wildman–Crippen MR) is 129 cm³/mol. The van der Waals surface area contributed by atoms with Crippen LogP contribution in [-0.2, 0) is 4.79 Å². The zero-order valence-electron chi connectivity index (χ0n) is 19.6. The van der Waals surface area contributed by atoms with Crippen LogP contribution in [0.1, 0.15) is 52.6 Å². The molecule has 0 aliphatic heterocycles. The molecule has 1 amide bonds. The third kappa shape index (κ3) is 5.82. The Labute approximate surface area is 190 Å². The van der Waals surface area contributed by atoms with Gasteiger partial charge in [0, 0.05) is 17.5 Å². The van der Waals surface area contributed by atoms with Gasteiger partial charge in [0.15, 0.2) is 0 Å². The number of carbonyl (C=O) groups is 1. The molecule has 0 bridgehead atoms. The topological polar surface area (TPSA) is 90.3 Å². The summed E-state index contributed by atoms with van der Waals surface area (Å²) in [6.45, 7) is 12.0. The summed E-state index contributed by atoms with van der Waals surface area (Å²) >= 11 is 0. The van der Waals surface area contributed by atoms with Crippen LogP contribution in [0.5, 0.6) is 11.5 Å². The maximum Gasteiger partial charge on any atom is 0.204 e. The van der Waals surface area contributed by atoms with Gasteiger partial charge in [-0.2, -0.15) is 5.26 Å². The number of fused-ring (bicyclic) bond motifs is 1. The number of nitriles is 1. The second-order valence-corrected chi connectivity index (χ2v) is 8.19. The second-order valence-electron chi connectivity index (χ2n) is 8.19. The number of nitrogens with two attached hydrogens (primary N) is 1. The van der Waals surface area contributed by atoms with Crippen molar-refractivity contribution >= 4 is 17.3 Å². The molecule has 0 aliphatic carbocycles. The third-order valence-corrected chi connectivity index (χ3v) is 4.79. The van der Waals surface area contributed by atoms with Gasteiger partial charge in [-0.05, 0) is 68.1 Å². The molecule has 0 saturated heterocycles. The molecule has 0 saturated carbocycles. The standard InChI is InChI=1S/C25H30N2O2.CH3NO/c1-6-13-28-21-11-12-22-23(15-26)25(27(18(4)5)24(22)14-21)19-7-9-20(10-8-19)29-16-17(2)3;2-1-3/h7-12,14,17-18H,6,13,16H2,1-5H3;1H,(H2,2,3). The van der Waals surface area contributed by atoms with E-state index in [-0.39, 0.29) is 12.5 Å². The summed E-state index contributed by atoms with van der Waals surface area (Å²) in [5, 5.41) is 10.9. The van der Waals surface area contributed by atoms with Crippen molar-refractivity contribution < 1.29 is 14.3 Å². The molecular formula is C26H33N3O3. The Balaban J connectivity index is 0.00000114. The lowest BCUT2D eigenvalue weighted by Gasteiger charge is -2.16. The lowest BCUT2D eigenvalue weighted by Crippen LogP contribution is -2.05. The molecule has 0 atom stereocenters. The lowest BCUT2D eigenvalue weighted by atomic mass is 10.1. The summed E-state index contributed by atoms with van der Waals surface area (Å²) in [6, 6.07) is 16.7. The number of hydrogen-bond acceptors (Lipinski definition) is 4. The minimum absolute atomic E-state index is 0.202. The van der Waals surface area contributed by atoms with Crippen LogP contribution < -0.4 is 15.2 Å². The highest BCUT2D eigenvalue weighted by Crippen LogP contribution is 2.38. The van der Waals surface area contributed by atoms with Crippen LogP contribution >= 0.6 is 0 Å². The van der Waals surface area contributed by atoms with Gasteiger partial charge in [-0.1, -0.05) is 20.8 Å². The Kier molecular flexibility index (Phi) is 9.15. The first-order chi connectivity index (χ1) is 15.4. The molecule has 6 heteroatoms. The van der Waals surface area contributed by atoms with E-state index in [1.165, 1.54) is 0 Å². The van der Waals surface area contributed by atoms with E-state index >= 15 is 0 Å². The first-order valence-electron chi connectivity index (χ1n) is 11.0. The summed E-state index contributed by atoms with van der Waals surface area (Å²) in [4.78, 5) is 8.58. The highest BCUT2D eigenvalue weighted by molar-refractivity contribution is 5.95. The molecule has 2 N–H and O–H groups in total. The van der Waals surface area contributed by atoms with Gasteiger partial charge in [-0.15, -0.1) is 0 Å². The number of hydrogen-bond donors (Lipinski definition) is 1. The number of amides is 1. The van der Waals surface area contributed by atoms with Crippen LogP contribution in [0, 0.1) is 17.2 Å². The highest BCUT2D eigenvalue weighted by atomic mass is 16.5. The Morgan fingerprint density at radius 3 is 2.22 bits per heavy atom. The van der Waals surface area contributed by atoms with E-state index in [0.717, 1.165) is 40.1 Å². The summed E-state index contributed by atoms with van der Waals surface area (Å²) in [5.74, 6) is 2.17. The van der Waals surface area contributed by atoms with Gasteiger partial charge >= 0.3 is 0 Å². The summed E-state index contributed by atoms with van der Waals surface area (Å²) in [5.41, 5.74) is 7.85. The summed E-state index contributed by atoms with van der Waals surface area (Å²) in [7, 11) is 0. The SMILES string of the molecule is CCCOc1ccc2c(C#N)c(-c3ccc(OCC(C)C)cc3)n(C(C)C)c2c1.NC=O. The Morgan fingerprint density at radius 1 is 1.06 bits per heavy atom. The van der Waals surface area contributed by atoms with Crippen LogP contribution in [0.25, 0.3) is 22.2 Å². The molecule has 170 valence electrons. The van der Waals surface area contributed by atoms with Crippen molar-refractivity contribution in [1.82, 2.24) is 4.57 Å². The van der Waals surface area contributed by atoms with Gasteiger partial charge in [0.25, 0.3) is 0 Å². The van der Waals surface area contributed by atoms with Crippen LogP contribution in [0.2, 0.25) is 0 Å². The molecule has 1 aromatic heterocycles. The molecule has 1 heterocycles. The number of benzene rings is 2. The number of aromatic nitrogens is 1. The van der Waals surface area contributed by atoms with Crippen molar-refractivity contribution in [2.24, 2.45) is 11.7 Å². The number of rotatable bonds is 8. The van der Waals surface area contributed by atoms with Gasteiger partial charge < -0.3 is 19.8 Å². The monoisotopic (exact) mass is 435 g/mol. The Morgan fingerprint density at radius 2 is 1.69 bits per heavy atom. The van der Waals surface area contributed by atoms with E-state index < -0.39 is 0 Å². The molecule has 0 fully saturated rings. The predicted octanol–water partition coefficient (Wildman–Crippen LogP) is 5.69. The van der Waals surface area contributed by atoms with Crippen molar-refractivity contribution in [3.63, 3.8) is 0 Å². The molecule has 32 heavy (non-hydrogen) atoms. The Bertz CT molecular complexity index is 1060. The quantitative estimate of drug-likeness (QED) is 0.461. The largest absolute Gasteiger partial charge is 0.494 e. The molecule has 0 unspecified atom stereocenters. The average Bonchev–Trinajstić information content (AvgIpc) is 3.11. The number of ether oxygens (including phenoxy) is 2.